The predicted octanol–water partition coefficient (Wildman–Crippen LogP) is 2.32. The number of rotatable bonds is 1. The summed E-state index contributed by atoms with van der Waals surface area (Å²) in [5, 5.41) is 9.09. The van der Waals surface area contributed by atoms with E-state index in [1.165, 1.54) is 0 Å². The SMILES string of the molecule is C[C@@H](O)c1cncc(Br)c1.Cl. The second kappa shape index (κ2) is 4.70. The number of aromatic nitrogens is 1. The Bertz CT molecular complexity index is 229. The number of halogens is 2. The van der Waals surface area contributed by atoms with Crippen molar-refractivity contribution in [2.24, 2.45) is 0 Å². The Kier molecular flexibility index (Phi) is 4.65. The van der Waals surface area contributed by atoms with Gasteiger partial charge in [0.25, 0.3) is 0 Å². The monoisotopic (exact) mass is 237 g/mol. The third kappa shape index (κ3) is 3.18. The largest absolute Gasteiger partial charge is 0.389 e. The minimum atomic E-state index is -0.440. The Morgan fingerprint density at radius 1 is 1.55 bits per heavy atom. The molecule has 11 heavy (non-hydrogen) atoms. The van der Waals surface area contributed by atoms with Crippen LogP contribution in [-0.2, 0) is 0 Å². The summed E-state index contributed by atoms with van der Waals surface area (Å²) in [7, 11) is 0. The number of hydrogen-bond acceptors (Lipinski definition) is 2. The van der Waals surface area contributed by atoms with Gasteiger partial charge in [-0.1, -0.05) is 0 Å². The van der Waals surface area contributed by atoms with Crippen molar-refractivity contribution >= 4 is 28.3 Å². The van der Waals surface area contributed by atoms with Crippen molar-refractivity contribution in [3.05, 3.63) is 28.5 Å². The molecule has 0 aliphatic heterocycles. The highest BCUT2D eigenvalue weighted by Gasteiger charge is 1.99. The van der Waals surface area contributed by atoms with Gasteiger partial charge in [-0.25, -0.2) is 0 Å². The first-order chi connectivity index (χ1) is 4.70. The fraction of sp³-hybridized carbons (Fsp3) is 0.286. The van der Waals surface area contributed by atoms with Crippen molar-refractivity contribution in [2.45, 2.75) is 13.0 Å². The zero-order valence-electron chi connectivity index (χ0n) is 5.99. The summed E-state index contributed by atoms with van der Waals surface area (Å²) < 4.78 is 0.894. The molecular weight excluding hydrogens is 229 g/mol. The molecule has 0 saturated heterocycles. The molecule has 1 heterocycles. The molecule has 0 fully saturated rings. The molecule has 1 aromatic heterocycles. The van der Waals surface area contributed by atoms with E-state index in [9.17, 15) is 0 Å². The quantitative estimate of drug-likeness (QED) is 0.814. The van der Waals surface area contributed by atoms with Crippen LogP contribution in [0.25, 0.3) is 0 Å². The number of pyridine rings is 1. The third-order valence-electron chi connectivity index (χ3n) is 1.21. The first kappa shape index (κ1) is 10.9. The highest BCUT2D eigenvalue weighted by molar-refractivity contribution is 9.10. The molecule has 0 aliphatic carbocycles. The topological polar surface area (TPSA) is 33.1 Å². The Morgan fingerprint density at radius 2 is 2.18 bits per heavy atom. The molecule has 1 rings (SSSR count). The number of aliphatic hydroxyl groups excluding tert-OH is 1. The Hall–Kier alpha value is -0.120. The van der Waals surface area contributed by atoms with Gasteiger partial charge in [0, 0.05) is 16.9 Å². The lowest BCUT2D eigenvalue weighted by Crippen LogP contribution is -1.90. The average molecular weight is 239 g/mol. The summed E-state index contributed by atoms with van der Waals surface area (Å²) in [5.41, 5.74) is 0.828. The molecule has 1 aromatic rings. The van der Waals surface area contributed by atoms with Crippen LogP contribution in [0.5, 0.6) is 0 Å². The van der Waals surface area contributed by atoms with E-state index >= 15 is 0 Å². The molecule has 1 atom stereocenters. The normalized spacial score (nSPS) is 11.9. The van der Waals surface area contributed by atoms with Crippen molar-refractivity contribution in [3.63, 3.8) is 0 Å². The lowest BCUT2D eigenvalue weighted by Gasteiger charge is -2.02. The van der Waals surface area contributed by atoms with Gasteiger partial charge in [0.1, 0.15) is 0 Å². The third-order valence-corrected chi connectivity index (χ3v) is 1.64. The van der Waals surface area contributed by atoms with Crippen molar-refractivity contribution < 1.29 is 5.11 Å². The van der Waals surface area contributed by atoms with Gasteiger partial charge >= 0.3 is 0 Å². The maximum absolute atomic E-state index is 9.09. The number of hydrogen-bond donors (Lipinski definition) is 1. The van der Waals surface area contributed by atoms with Crippen LogP contribution >= 0.6 is 28.3 Å². The van der Waals surface area contributed by atoms with E-state index in [0.29, 0.717) is 0 Å². The first-order valence-electron chi connectivity index (χ1n) is 2.98. The lowest BCUT2D eigenvalue weighted by molar-refractivity contribution is 0.199. The van der Waals surface area contributed by atoms with Crippen LogP contribution in [-0.4, -0.2) is 10.1 Å². The van der Waals surface area contributed by atoms with Gasteiger partial charge in [-0.3, -0.25) is 4.98 Å². The summed E-state index contributed by atoms with van der Waals surface area (Å²) in [6, 6.07) is 1.84. The van der Waals surface area contributed by atoms with E-state index in [1.54, 1.807) is 19.3 Å². The van der Waals surface area contributed by atoms with E-state index in [-0.39, 0.29) is 12.4 Å². The van der Waals surface area contributed by atoms with Crippen molar-refractivity contribution in [1.29, 1.82) is 0 Å². The second-order valence-corrected chi connectivity index (χ2v) is 3.03. The zero-order valence-corrected chi connectivity index (χ0v) is 8.39. The van der Waals surface area contributed by atoms with Gasteiger partial charge in [-0.15, -0.1) is 12.4 Å². The Labute approximate surface area is 80.2 Å². The minimum Gasteiger partial charge on any atom is -0.389 e. The number of nitrogens with zero attached hydrogens (tertiary/aromatic N) is 1. The molecule has 4 heteroatoms. The van der Waals surface area contributed by atoms with Crippen LogP contribution in [0.2, 0.25) is 0 Å². The molecule has 0 radical (unpaired) electrons. The van der Waals surface area contributed by atoms with Crippen LogP contribution in [0.15, 0.2) is 22.9 Å². The molecule has 62 valence electrons. The van der Waals surface area contributed by atoms with Gasteiger partial charge in [0.15, 0.2) is 0 Å². The predicted molar refractivity (Wildman–Crippen MR) is 49.8 cm³/mol. The summed E-state index contributed by atoms with van der Waals surface area (Å²) in [6.07, 6.45) is 2.89. The molecule has 1 N–H and O–H groups in total. The smallest absolute Gasteiger partial charge is 0.0777 e. The van der Waals surface area contributed by atoms with Crippen molar-refractivity contribution in [2.75, 3.05) is 0 Å². The van der Waals surface area contributed by atoms with E-state index in [1.807, 2.05) is 6.07 Å². The molecule has 0 unspecified atom stereocenters. The minimum absolute atomic E-state index is 0. The maximum Gasteiger partial charge on any atom is 0.0777 e. The number of aliphatic hydroxyl groups is 1. The molecule has 0 bridgehead atoms. The molecule has 0 aromatic carbocycles. The van der Waals surface area contributed by atoms with Crippen molar-refractivity contribution in [1.82, 2.24) is 4.98 Å². The van der Waals surface area contributed by atoms with Gasteiger partial charge in [-0.2, -0.15) is 0 Å². The van der Waals surface area contributed by atoms with Gasteiger partial charge in [-0.05, 0) is 34.5 Å². The summed E-state index contributed by atoms with van der Waals surface area (Å²) in [6.45, 7) is 1.71. The fourth-order valence-electron chi connectivity index (χ4n) is 0.657. The van der Waals surface area contributed by atoms with E-state index in [4.69, 9.17) is 5.11 Å². The van der Waals surface area contributed by atoms with Crippen LogP contribution in [0.4, 0.5) is 0 Å². The molecule has 0 aliphatic rings. The van der Waals surface area contributed by atoms with Gasteiger partial charge < -0.3 is 5.11 Å². The van der Waals surface area contributed by atoms with E-state index < -0.39 is 6.10 Å². The molecular formula is C7H9BrClNO. The zero-order chi connectivity index (χ0) is 7.56. The lowest BCUT2D eigenvalue weighted by atomic mass is 10.2. The molecule has 0 amide bonds. The summed E-state index contributed by atoms with van der Waals surface area (Å²) in [4.78, 5) is 3.90. The first-order valence-corrected chi connectivity index (χ1v) is 3.78. The van der Waals surface area contributed by atoms with Crippen molar-refractivity contribution in [3.8, 4) is 0 Å². The van der Waals surface area contributed by atoms with Crippen LogP contribution in [0, 0.1) is 0 Å². The van der Waals surface area contributed by atoms with Crippen LogP contribution in [0.3, 0.4) is 0 Å². The van der Waals surface area contributed by atoms with E-state index in [2.05, 4.69) is 20.9 Å². The second-order valence-electron chi connectivity index (χ2n) is 2.11. The summed E-state index contributed by atoms with van der Waals surface area (Å²) in [5.74, 6) is 0. The fourth-order valence-corrected chi connectivity index (χ4v) is 1.04. The Balaban J connectivity index is 0.000001000. The van der Waals surface area contributed by atoms with E-state index in [0.717, 1.165) is 10.0 Å². The maximum atomic E-state index is 9.09. The standard InChI is InChI=1S/C7H8BrNO.ClH/c1-5(10)6-2-7(8)4-9-3-6;/h2-5,10H,1H3;1H/t5-;/m1./s1. The molecule has 0 saturated carbocycles. The highest BCUT2D eigenvalue weighted by Crippen LogP contribution is 2.15. The Morgan fingerprint density at radius 3 is 2.55 bits per heavy atom. The highest BCUT2D eigenvalue weighted by atomic mass is 79.9. The summed E-state index contributed by atoms with van der Waals surface area (Å²) >= 11 is 3.26. The van der Waals surface area contributed by atoms with Gasteiger partial charge in [0.2, 0.25) is 0 Å². The molecule has 0 spiro atoms. The average Bonchev–Trinajstić information content (AvgIpc) is 1.88. The van der Waals surface area contributed by atoms with Crippen LogP contribution in [0.1, 0.15) is 18.6 Å². The molecule has 2 nitrogen and oxygen atoms in total. The van der Waals surface area contributed by atoms with Gasteiger partial charge in [0.05, 0.1) is 6.10 Å². The van der Waals surface area contributed by atoms with Crippen LogP contribution < -0.4 is 0 Å².